The zero-order valence-electron chi connectivity index (χ0n) is 15.1. The van der Waals surface area contributed by atoms with Crippen molar-refractivity contribution in [2.24, 2.45) is 0 Å². The summed E-state index contributed by atoms with van der Waals surface area (Å²) in [5.74, 6) is 1.36. The maximum atomic E-state index is 12.0. The predicted molar refractivity (Wildman–Crippen MR) is 97.3 cm³/mol. The first-order valence-corrected chi connectivity index (χ1v) is 8.59. The van der Waals surface area contributed by atoms with E-state index in [0.717, 1.165) is 11.3 Å². The standard InChI is InChI=1S/C20H20N2O5/c1-3-24-16-9-11-17(12-10-16)25-13-18(23)26-14(2)19-21-22-20(27-19)15-7-5-4-6-8-15/h4-12,14H,3,13H2,1-2H3/t14-/m0/s1. The van der Waals surface area contributed by atoms with Gasteiger partial charge in [-0.15, -0.1) is 10.2 Å². The molecular formula is C20H20N2O5. The third-order valence-electron chi connectivity index (χ3n) is 3.61. The summed E-state index contributed by atoms with van der Waals surface area (Å²) in [6, 6.07) is 16.4. The molecule has 0 aliphatic heterocycles. The Morgan fingerprint density at radius 3 is 2.33 bits per heavy atom. The van der Waals surface area contributed by atoms with Gasteiger partial charge in [-0.1, -0.05) is 18.2 Å². The lowest BCUT2D eigenvalue weighted by Crippen LogP contribution is -2.17. The Balaban J connectivity index is 1.51. The van der Waals surface area contributed by atoms with Crippen LogP contribution in [0.5, 0.6) is 11.5 Å². The van der Waals surface area contributed by atoms with Gasteiger partial charge in [0.15, 0.2) is 12.7 Å². The Morgan fingerprint density at radius 2 is 1.67 bits per heavy atom. The molecule has 1 atom stereocenters. The van der Waals surface area contributed by atoms with Crippen LogP contribution in [0.4, 0.5) is 0 Å². The lowest BCUT2D eigenvalue weighted by Gasteiger charge is -2.10. The summed E-state index contributed by atoms with van der Waals surface area (Å²) in [4.78, 5) is 12.0. The minimum atomic E-state index is -0.675. The summed E-state index contributed by atoms with van der Waals surface area (Å²) in [6.07, 6.45) is -0.675. The van der Waals surface area contributed by atoms with Gasteiger partial charge in [-0.3, -0.25) is 0 Å². The largest absolute Gasteiger partial charge is 0.494 e. The van der Waals surface area contributed by atoms with E-state index in [1.165, 1.54) is 0 Å². The van der Waals surface area contributed by atoms with Crippen molar-refractivity contribution in [2.75, 3.05) is 13.2 Å². The second kappa shape index (κ2) is 8.84. The number of rotatable bonds is 8. The summed E-state index contributed by atoms with van der Waals surface area (Å²) in [7, 11) is 0. The van der Waals surface area contributed by atoms with Crippen molar-refractivity contribution in [2.45, 2.75) is 20.0 Å². The molecule has 0 aliphatic carbocycles. The molecule has 0 spiro atoms. The number of carbonyl (C=O) groups is 1. The molecule has 27 heavy (non-hydrogen) atoms. The third kappa shape index (κ3) is 5.07. The molecule has 2 aromatic carbocycles. The van der Waals surface area contributed by atoms with E-state index in [2.05, 4.69) is 10.2 Å². The lowest BCUT2D eigenvalue weighted by molar-refractivity contribution is -0.152. The number of ether oxygens (including phenoxy) is 3. The third-order valence-corrected chi connectivity index (χ3v) is 3.61. The summed E-state index contributed by atoms with van der Waals surface area (Å²) in [5, 5.41) is 7.92. The SMILES string of the molecule is CCOc1ccc(OCC(=O)O[C@@H](C)c2nnc(-c3ccccc3)o2)cc1. The molecule has 0 fully saturated rings. The fraction of sp³-hybridized carbons (Fsp3) is 0.250. The number of benzene rings is 2. The second-order valence-electron chi connectivity index (χ2n) is 5.64. The highest BCUT2D eigenvalue weighted by Crippen LogP contribution is 2.22. The summed E-state index contributed by atoms with van der Waals surface area (Å²) in [6.45, 7) is 3.94. The van der Waals surface area contributed by atoms with E-state index >= 15 is 0 Å². The maximum absolute atomic E-state index is 12.0. The molecule has 0 radical (unpaired) electrons. The van der Waals surface area contributed by atoms with E-state index in [1.54, 1.807) is 31.2 Å². The molecule has 0 unspecified atom stereocenters. The summed E-state index contributed by atoms with van der Waals surface area (Å²) < 4.78 is 21.6. The molecule has 0 N–H and O–H groups in total. The quantitative estimate of drug-likeness (QED) is 0.559. The van der Waals surface area contributed by atoms with Gasteiger partial charge < -0.3 is 18.6 Å². The van der Waals surface area contributed by atoms with Gasteiger partial charge in [0, 0.05) is 5.56 Å². The van der Waals surface area contributed by atoms with Crippen LogP contribution >= 0.6 is 0 Å². The van der Waals surface area contributed by atoms with E-state index < -0.39 is 12.1 Å². The van der Waals surface area contributed by atoms with Crippen molar-refractivity contribution in [1.29, 1.82) is 0 Å². The molecule has 3 rings (SSSR count). The van der Waals surface area contributed by atoms with E-state index in [0.29, 0.717) is 18.2 Å². The molecule has 0 aliphatic rings. The molecule has 7 nitrogen and oxygen atoms in total. The van der Waals surface area contributed by atoms with Crippen LogP contribution in [0, 0.1) is 0 Å². The summed E-state index contributed by atoms with van der Waals surface area (Å²) in [5.41, 5.74) is 0.800. The van der Waals surface area contributed by atoms with E-state index in [-0.39, 0.29) is 12.5 Å². The molecule has 140 valence electrons. The van der Waals surface area contributed by atoms with Crippen LogP contribution in [-0.2, 0) is 9.53 Å². The number of esters is 1. The molecular weight excluding hydrogens is 348 g/mol. The molecule has 0 saturated heterocycles. The number of hydrogen-bond donors (Lipinski definition) is 0. The molecule has 0 saturated carbocycles. The maximum Gasteiger partial charge on any atom is 0.344 e. The highest BCUT2D eigenvalue weighted by atomic mass is 16.6. The first-order valence-electron chi connectivity index (χ1n) is 8.59. The molecule has 7 heteroatoms. The van der Waals surface area contributed by atoms with Crippen molar-refractivity contribution in [3.05, 3.63) is 60.5 Å². The van der Waals surface area contributed by atoms with Gasteiger partial charge in [-0.2, -0.15) is 0 Å². The fourth-order valence-corrected chi connectivity index (χ4v) is 2.32. The van der Waals surface area contributed by atoms with Crippen LogP contribution in [0.15, 0.2) is 59.0 Å². The van der Waals surface area contributed by atoms with Crippen molar-refractivity contribution in [3.8, 4) is 23.0 Å². The Morgan fingerprint density at radius 1 is 1.00 bits per heavy atom. The zero-order chi connectivity index (χ0) is 19.1. The minimum Gasteiger partial charge on any atom is -0.494 e. The Labute approximate surface area is 156 Å². The highest BCUT2D eigenvalue weighted by molar-refractivity contribution is 5.71. The van der Waals surface area contributed by atoms with E-state index in [4.69, 9.17) is 18.6 Å². The average molecular weight is 368 g/mol. The van der Waals surface area contributed by atoms with Gasteiger partial charge in [-0.25, -0.2) is 4.79 Å². The van der Waals surface area contributed by atoms with Gasteiger partial charge in [-0.05, 0) is 50.2 Å². The second-order valence-corrected chi connectivity index (χ2v) is 5.64. The lowest BCUT2D eigenvalue weighted by atomic mass is 10.2. The topological polar surface area (TPSA) is 83.7 Å². The van der Waals surface area contributed by atoms with Crippen LogP contribution in [0.1, 0.15) is 25.8 Å². The van der Waals surface area contributed by atoms with Crippen LogP contribution in [0.25, 0.3) is 11.5 Å². The van der Waals surface area contributed by atoms with Gasteiger partial charge in [0.25, 0.3) is 5.89 Å². The average Bonchev–Trinajstić information content (AvgIpc) is 3.19. The Bertz CT molecular complexity index is 862. The Hall–Kier alpha value is -3.35. The molecule has 1 heterocycles. The number of aromatic nitrogens is 2. The first-order chi connectivity index (χ1) is 13.2. The number of carbonyl (C=O) groups excluding carboxylic acids is 1. The van der Waals surface area contributed by atoms with Crippen LogP contribution < -0.4 is 9.47 Å². The van der Waals surface area contributed by atoms with Gasteiger partial charge in [0.2, 0.25) is 5.89 Å². The van der Waals surface area contributed by atoms with Crippen LogP contribution in [0.2, 0.25) is 0 Å². The van der Waals surface area contributed by atoms with Gasteiger partial charge in [0.05, 0.1) is 6.61 Å². The molecule has 3 aromatic rings. The number of hydrogen-bond acceptors (Lipinski definition) is 7. The molecule has 0 amide bonds. The predicted octanol–water partition coefficient (Wildman–Crippen LogP) is 3.82. The highest BCUT2D eigenvalue weighted by Gasteiger charge is 2.19. The zero-order valence-corrected chi connectivity index (χ0v) is 15.1. The Kier molecular flexibility index (Phi) is 6.04. The minimum absolute atomic E-state index is 0.224. The molecule has 0 bridgehead atoms. The van der Waals surface area contributed by atoms with Crippen molar-refractivity contribution in [3.63, 3.8) is 0 Å². The van der Waals surface area contributed by atoms with Crippen molar-refractivity contribution >= 4 is 5.97 Å². The molecule has 1 aromatic heterocycles. The van der Waals surface area contributed by atoms with Crippen molar-refractivity contribution in [1.82, 2.24) is 10.2 Å². The van der Waals surface area contributed by atoms with Crippen molar-refractivity contribution < 1.29 is 23.4 Å². The monoisotopic (exact) mass is 368 g/mol. The van der Waals surface area contributed by atoms with Gasteiger partial charge >= 0.3 is 5.97 Å². The fourth-order valence-electron chi connectivity index (χ4n) is 2.32. The van der Waals surface area contributed by atoms with E-state index in [1.807, 2.05) is 37.3 Å². The van der Waals surface area contributed by atoms with E-state index in [9.17, 15) is 4.79 Å². The van der Waals surface area contributed by atoms with Crippen LogP contribution in [-0.4, -0.2) is 29.4 Å². The summed E-state index contributed by atoms with van der Waals surface area (Å²) >= 11 is 0. The smallest absolute Gasteiger partial charge is 0.344 e. The normalized spacial score (nSPS) is 11.6. The van der Waals surface area contributed by atoms with Gasteiger partial charge in [0.1, 0.15) is 11.5 Å². The first kappa shape index (κ1) is 18.4. The van der Waals surface area contributed by atoms with Crippen LogP contribution in [0.3, 0.4) is 0 Å². The number of nitrogens with zero attached hydrogens (tertiary/aromatic N) is 2.